The van der Waals surface area contributed by atoms with E-state index in [0.717, 1.165) is 32.7 Å². The van der Waals surface area contributed by atoms with E-state index < -0.39 is 0 Å². The zero-order valence-electron chi connectivity index (χ0n) is 9.82. The molecule has 2 aliphatic rings. The molecule has 0 bridgehead atoms. The van der Waals surface area contributed by atoms with Crippen molar-refractivity contribution in [2.24, 2.45) is 0 Å². The number of hydrogen-bond acceptors (Lipinski definition) is 3. The average molecular weight is 223 g/mol. The van der Waals surface area contributed by atoms with Crippen molar-refractivity contribution in [1.82, 2.24) is 15.1 Å². The summed E-state index contributed by atoms with van der Waals surface area (Å²) in [4.78, 5) is 16.1. The Hall–Kier alpha value is -0.870. The molecule has 4 nitrogen and oxygen atoms in total. The van der Waals surface area contributed by atoms with Crippen molar-refractivity contribution < 1.29 is 4.79 Å². The van der Waals surface area contributed by atoms with Crippen LogP contribution in [0.4, 0.5) is 0 Å². The minimum absolute atomic E-state index is 0.167. The molecule has 90 valence electrons. The second kappa shape index (κ2) is 6.01. The molecule has 4 heteroatoms. The summed E-state index contributed by atoms with van der Waals surface area (Å²) in [6.07, 6.45) is 6.36. The summed E-state index contributed by atoms with van der Waals surface area (Å²) in [7, 11) is 0. The highest BCUT2D eigenvalue weighted by Gasteiger charge is 2.13. The molecule has 2 fully saturated rings. The highest BCUT2D eigenvalue weighted by atomic mass is 16.2. The third-order valence-corrected chi connectivity index (χ3v) is 3.25. The highest BCUT2D eigenvalue weighted by molar-refractivity contribution is 5.87. The lowest BCUT2D eigenvalue weighted by molar-refractivity contribution is -0.126. The Balaban J connectivity index is 1.70. The number of amides is 1. The van der Waals surface area contributed by atoms with Crippen LogP contribution >= 0.6 is 0 Å². The van der Waals surface area contributed by atoms with Gasteiger partial charge in [-0.3, -0.25) is 9.69 Å². The minimum Gasteiger partial charge on any atom is -0.337 e. The molecule has 0 radical (unpaired) electrons. The summed E-state index contributed by atoms with van der Waals surface area (Å²) in [5, 5.41) is 3.24. The van der Waals surface area contributed by atoms with Crippen LogP contribution in [0.15, 0.2) is 12.2 Å². The number of likely N-dealkylation sites (tertiary alicyclic amines) is 1. The first-order chi connectivity index (χ1) is 7.86. The van der Waals surface area contributed by atoms with Gasteiger partial charge in [0.1, 0.15) is 0 Å². The SMILES string of the molecule is O=C(/C=C/CN1CCCC1)N1CCNCC1. The summed E-state index contributed by atoms with van der Waals surface area (Å²) in [6.45, 7) is 6.83. The van der Waals surface area contributed by atoms with Crippen molar-refractivity contribution in [2.75, 3.05) is 45.8 Å². The fourth-order valence-electron chi connectivity index (χ4n) is 2.26. The molecule has 0 saturated carbocycles. The summed E-state index contributed by atoms with van der Waals surface area (Å²) >= 11 is 0. The zero-order valence-corrected chi connectivity index (χ0v) is 9.82. The lowest BCUT2D eigenvalue weighted by atomic mass is 10.3. The summed E-state index contributed by atoms with van der Waals surface area (Å²) in [5.74, 6) is 0.167. The fourth-order valence-corrected chi connectivity index (χ4v) is 2.26. The molecule has 2 rings (SSSR count). The molecule has 0 aromatic rings. The van der Waals surface area contributed by atoms with E-state index in [0.29, 0.717) is 0 Å². The third kappa shape index (κ3) is 3.32. The molecule has 0 aromatic heterocycles. The van der Waals surface area contributed by atoms with Crippen molar-refractivity contribution in [1.29, 1.82) is 0 Å². The van der Waals surface area contributed by atoms with Gasteiger partial charge in [-0.1, -0.05) is 6.08 Å². The fraction of sp³-hybridized carbons (Fsp3) is 0.750. The Labute approximate surface area is 97.3 Å². The van der Waals surface area contributed by atoms with Crippen molar-refractivity contribution in [3.8, 4) is 0 Å². The predicted octanol–water partition coefficient (Wildman–Crippen LogP) is 0.0702. The minimum atomic E-state index is 0.167. The average Bonchev–Trinajstić information content (AvgIpc) is 2.83. The number of piperazine rings is 1. The number of rotatable bonds is 3. The van der Waals surface area contributed by atoms with Crippen LogP contribution in [0.5, 0.6) is 0 Å². The van der Waals surface area contributed by atoms with Gasteiger partial charge >= 0.3 is 0 Å². The van der Waals surface area contributed by atoms with Crippen molar-refractivity contribution in [2.45, 2.75) is 12.8 Å². The zero-order chi connectivity index (χ0) is 11.2. The number of hydrogen-bond donors (Lipinski definition) is 1. The maximum atomic E-state index is 11.8. The van der Waals surface area contributed by atoms with Crippen molar-refractivity contribution >= 4 is 5.91 Å². The molecule has 0 spiro atoms. The number of nitrogens with one attached hydrogen (secondary N) is 1. The lowest BCUT2D eigenvalue weighted by Crippen LogP contribution is -2.45. The lowest BCUT2D eigenvalue weighted by Gasteiger charge is -2.26. The number of carbonyl (C=O) groups excluding carboxylic acids is 1. The predicted molar refractivity (Wildman–Crippen MR) is 64.3 cm³/mol. The van der Waals surface area contributed by atoms with E-state index >= 15 is 0 Å². The summed E-state index contributed by atoms with van der Waals surface area (Å²) < 4.78 is 0. The van der Waals surface area contributed by atoms with Gasteiger partial charge in [0.2, 0.25) is 5.91 Å². The third-order valence-electron chi connectivity index (χ3n) is 3.25. The van der Waals surface area contributed by atoms with Gasteiger partial charge in [0, 0.05) is 38.8 Å². The van der Waals surface area contributed by atoms with Crippen LogP contribution in [0.2, 0.25) is 0 Å². The molecule has 2 heterocycles. The Bertz CT molecular complexity index is 253. The van der Waals surface area contributed by atoms with E-state index in [1.807, 2.05) is 11.0 Å². The summed E-state index contributed by atoms with van der Waals surface area (Å²) in [6, 6.07) is 0. The largest absolute Gasteiger partial charge is 0.337 e. The van der Waals surface area contributed by atoms with Gasteiger partial charge in [-0.05, 0) is 25.9 Å². The van der Waals surface area contributed by atoms with Crippen LogP contribution in [-0.4, -0.2) is 61.5 Å². The van der Waals surface area contributed by atoms with Gasteiger partial charge in [-0.25, -0.2) is 0 Å². The Kier molecular flexibility index (Phi) is 4.36. The molecule has 0 unspecified atom stereocenters. The second-order valence-corrected chi connectivity index (χ2v) is 4.49. The van der Waals surface area contributed by atoms with Crippen LogP contribution < -0.4 is 5.32 Å². The monoisotopic (exact) mass is 223 g/mol. The van der Waals surface area contributed by atoms with Crippen LogP contribution in [0, 0.1) is 0 Å². The van der Waals surface area contributed by atoms with Crippen LogP contribution in [-0.2, 0) is 4.79 Å². The maximum absolute atomic E-state index is 11.8. The second-order valence-electron chi connectivity index (χ2n) is 4.49. The molecular weight excluding hydrogens is 202 g/mol. The smallest absolute Gasteiger partial charge is 0.246 e. The molecule has 1 amide bonds. The molecule has 2 saturated heterocycles. The normalized spacial score (nSPS) is 23.1. The first kappa shape index (κ1) is 11.6. The first-order valence-corrected chi connectivity index (χ1v) is 6.25. The van der Waals surface area contributed by atoms with Crippen LogP contribution in [0.1, 0.15) is 12.8 Å². The van der Waals surface area contributed by atoms with Gasteiger partial charge in [0.25, 0.3) is 0 Å². The van der Waals surface area contributed by atoms with E-state index in [1.54, 1.807) is 6.08 Å². The first-order valence-electron chi connectivity index (χ1n) is 6.25. The number of nitrogens with zero attached hydrogens (tertiary/aromatic N) is 2. The number of carbonyl (C=O) groups is 1. The van der Waals surface area contributed by atoms with E-state index in [2.05, 4.69) is 10.2 Å². The van der Waals surface area contributed by atoms with Crippen LogP contribution in [0.25, 0.3) is 0 Å². The summed E-state index contributed by atoms with van der Waals surface area (Å²) in [5.41, 5.74) is 0. The van der Waals surface area contributed by atoms with E-state index in [4.69, 9.17) is 0 Å². The van der Waals surface area contributed by atoms with Gasteiger partial charge in [-0.15, -0.1) is 0 Å². The molecule has 0 aromatic carbocycles. The van der Waals surface area contributed by atoms with E-state index in [1.165, 1.54) is 25.9 Å². The van der Waals surface area contributed by atoms with Crippen molar-refractivity contribution in [3.05, 3.63) is 12.2 Å². The van der Waals surface area contributed by atoms with Gasteiger partial charge in [-0.2, -0.15) is 0 Å². The van der Waals surface area contributed by atoms with Crippen LogP contribution in [0.3, 0.4) is 0 Å². The van der Waals surface area contributed by atoms with Gasteiger partial charge in [0.15, 0.2) is 0 Å². The van der Waals surface area contributed by atoms with Gasteiger partial charge < -0.3 is 10.2 Å². The van der Waals surface area contributed by atoms with Gasteiger partial charge in [0.05, 0.1) is 0 Å². The molecule has 0 atom stereocenters. The topological polar surface area (TPSA) is 35.6 Å². The molecule has 0 aliphatic carbocycles. The Morgan fingerprint density at radius 1 is 1.12 bits per heavy atom. The standard InChI is InChI=1S/C12H21N3O/c16-12(15-10-5-13-6-11-15)4-3-9-14-7-1-2-8-14/h3-4,13H,1-2,5-11H2/b4-3+. The Morgan fingerprint density at radius 3 is 2.50 bits per heavy atom. The highest BCUT2D eigenvalue weighted by Crippen LogP contribution is 2.06. The maximum Gasteiger partial charge on any atom is 0.246 e. The quantitative estimate of drug-likeness (QED) is 0.688. The van der Waals surface area contributed by atoms with E-state index in [-0.39, 0.29) is 5.91 Å². The Morgan fingerprint density at radius 2 is 1.81 bits per heavy atom. The molecule has 2 aliphatic heterocycles. The van der Waals surface area contributed by atoms with Crippen molar-refractivity contribution in [3.63, 3.8) is 0 Å². The van der Waals surface area contributed by atoms with E-state index in [9.17, 15) is 4.79 Å². The molecule has 1 N–H and O–H groups in total. The molecular formula is C12H21N3O. The molecule has 16 heavy (non-hydrogen) atoms.